The van der Waals surface area contributed by atoms with E-state index in [9.17, 15) is 32.9 Å². The van der Waals surface area contributed by atoms with Crippen molar-refractivity contribution in [2.45, 2.75) is 6.18 Å². The number of carbonyl (C=O) groups excluding carboxylic acids is 2. The summed E-state index contributed by atoms with van der Waals surface area (Å²) < 4.78 is 39.8. The molecule has 1 rings (SSSR count). The zero-order valence-electron chi connectivity index (χ0n) is 10.8. The van der Waals surface area contributed by atoms with Crippen LogP contribution in [0.5, 0.6) is 0 Å². The molecule has 0 fully saturated rings. The lowest BCUT2D eigenvalue weighted by molar-refractivity contribution is -0.384. The molecule has 1 aromatic carbocycles. The Morgan fingerprint density at radius 2 is 2.00 bits per heavy atom. The van der Waals surface area contributed by atoms with Crippen LogP contribution >= 0.6 is 0 Å². The van der Waals surface area contributed by atoms with Gasteiger partial charge in [0.25, 0.3) is 5.69 Å². The van der Waals surface area contributed by atoms with E-state index < -0.39 is 34.3 Å². The summed E-state index contributed by atoms with van der Waals surface area (Å²) in [7, 11) is 0. The highest BCUT2D eigenvalue weighted by molar-refractivity contribution is 6.02. The summed E-state index contributed by atoms with van der Waals surface area (Å²) in [4.78, 5) is 32.1. The molecule has 0 heterocycles. The highest BCUT2D eigenvalue weighted by Gasteiger charge is 2.42. The number of anilines is 1. The normalized spacial score (nSPS) is 10.9. The van der Waals surface area contributed by atoms with Crippen molar-refractivity contribution in [2.75, 3.05) is 18.4 Å². The number of hydrogen-bond acceptors (Lipinski definition) is 7. The van der Waals surface area contributed by atoms with E-state index >= 15 is 0 Å². The fourth-order valence-electron chi connectivity index (χ4n) is 1.37. The van der Waals surface area contributed by atoms with Crippen LogP contribution in [0.4, 0.5) is 24.5 Å². The second-order valence-electron chi connectivity index (χ2n) is 3.88. The molecule has 0 aromatic heterocycles. The van der Waals surface area contributed by atoms with E-state index in [4.69, 9.17) is 5.73 Å². The number of nitro groups is 1. The fourth-order valence-corrected chi connectivity index (χ4v) is 1.37. The van der Waals surface area contributed by atoms with Gasteiger partial charge < -0.3 is 15.8 Å². The molecule has 0 atom stereocenters. The average Bonchev–Trinajstić information content (AvgIpc) is 2.43. The Labute approximate surface area is 121 Å². The van der Waals surface area contributed by atoms with Crippen molar-refractivity contribution < 1.29 is 32.4 Å². The van der Waals surface area contributed by atoms with Gasteiger partial charge in [-0.1, -0.05) is 0 Å². The number of alkyl halides is 3. The number of halogens is 3. The molecule has 8 nitrogen and oxygen atoms in total. The topological polar surface area (TPSA) is 125 Å². The molecule has 1 aromatic rings. The fraction of sp³-hybridized carbons (Fsp3) is 0.273. The molecule has 3 N–H and O–H groups in total. The predicted octanol–water partition coefficient (Wildman–Crippen LogP) is 1.21. The summed E-state index contributed by atoms with van der Waals surface area (Å²) >= 11 is 0. The molecule has 0 bridgehead atoms. The minimum Gasteiger partial charge on any atom is -0.383 e. The number of carbonyl (C=O) groups is 2. The lowest BCUT2D eigenvalue weighted by Crippen LogP contribution is -2.28. The Hall–Kier alpha value is -2.69. The highest BCUT2D eigenvalue weighted by Crippen LogP contribution is 2.24. The summed E-state index contributed by atoms with van der Waals surface area (Å²) in [5, 5.41) is 13.2. The van der Waals surface area contributed by atoms with Crippen LogP contribution in [0, 0.1) is 10.1 Å². The van der Waals surface area contributed by atoms with Crippen molar-refractivity contribution in [3.05, 3.63) is 33.9 Å². The summed E-state index contributed by atoms with van der Waals surface area (Å²) in [6, 6.07) is 2.69. The Bertz CT molecular complexity index is 603. The van der Waals surface area contributed by atoms with E-state index in [1.165, 1.54) is 0 Å². The maximum atomic E-state index is 12.1. The van der Waals surface area contributed by atoms with Gasteiger partial charge in [-0.15, -0.1) is 0 Å². The van der Waals surface area contributed by atoms with E-state index in [1.54, 1.807) is 0 Å². The van der Waals surface area contributed by atoms with Crippen LogP contribution in [0.3, 0.4) is 0 Å². The predicted molar refractivity (Wildman–Crippen MR) is 67.1 cm³/mol. The summed E-state index contributed by atoms with van der Waals surface area (Å²) in [6.45, 7) is 0.188. The third kappa shape index (κ3) is 4.41. The van der Waals surface area contributed by atoms with Crippen LogP contribution in [-0.2, 0) is 9.53 Å². The molecule has 22 heavy (non-hydrogen) atoms. The van der Waals surface area contributed by atoms with Gasteiger partial charge in [-0.25, -0.2) is 9.59 Å². The minimum atomic E-state index is -5.33. The quantitative estimate of drug-likeness (QED) is 0.361. The SMILES string of the molecule is NCCNc1cc([N+](=O)[O-])ccc1C(=O)OC(=O)C(F)(F)F. The number of nitrogens with zero attached hydrogens (tertiary/aromatic N) is 1. The molecule has 0 radical (unpaired) electrons. The lowest BCUT2D eigenvalue weighted by atomic mass is 10.1. The van der Waals surface area contributed by atoms with Crippen LogP contribution in [-0.4, -0.2) is 36.1 Å². The Morgan fingerprint density at radius 1 is 1.36 bits per heavy atom. The molecule has 0 aliphatic carbocycles. The van der Waals surface area contributed by atoms with Gasteiger partial charge in [0, 0.05) is 25.2 Å². The van der Waals surface area contributed by atoms with Gasteiger partial charge in [-0.2, -0.15) is 13.2 Å². The van der Waals surface area contributed by atoms with Crippen LogP contribution in [0.25, 0.3) is 0 Å². The van der Waals surface area contributed by atoms with E-state index in [-0.39, 0.29) is 18.8 Å². The molecular weight excluding hydrogens is 311 g/mol. The largest absolute Gasteiger partial charge is 0.491 e. The van der Waals surface area contributed by atoms with Crippen LogP contribution < -0.4 is 11.1 Å². The smallest absolute Gasteiger partial charge is 0.383 e. The minimum absolute atomic E-state index is 0.0919. The number of esters is 2. The monoisotopic (exact) mass is 321 g/mol. The van der Waals surface area contributed by atoms with Crippen LogP contribution in [0.15, 0.2) is 18.2 Å². The van der Waals surface area contributed by atoms with Crippen molar-refractivity contribution in [1.82, 2.24) is 0 Å². The number of non-ortho nitro benzene ring substituents is 1. The molecule has 0 amide bonds. The van der Waals surface area contributed by atoms with Crippen LogP contribution in [0.1, 0.15) is 10.4 Å². The van der Waals surface area contributed by atoms with E-state index in [1.807, 2.05) is 0 Å². The first-order valence-electron chi connectivity index (χ1n) is 5.72. The van der Waals surface area contributed by atoms with Gasteiger partial charge in [-0.3, -0.25) is 10.1 Å². The first-order valence-corrected chi connectivity index (χ1v) is 5.72. The second-order valence-corrected chi connectivity index (χ2v) is 3.88. The third-order valence-corrected chi connectivity index (χ3v) is 2.31. The first-order chi connectivity index (χ1) is 10.2. The molecule has 0 saturated carbocycles. The van der Waals surface area contributed by atoms with Crippen molar-refractivity contribution in [2.24, 2.45) is 5.73 Å². The lowest BCUT2D eigenvalue weighted by Gasteiger charge is -2.11. The zero-order chi connectivity index (χ0) is 16.9. The van der Waals surface area contributed by atoms with Gasteiger partial charge in [-0.05, 0) is 6.07 Å². The van der Waals surface area contributed by atoms with Gasteiger partial charge >= 0.3 is 18.1 Å². The number of nitrogens with two attached hydrogens (primary N) is 1. The second kappa shape index (κ2) is 6.85. The number of rotatable bonds is 5. The van der Waals surface area contributed by atoms with Crippen LogP contribution in [0.2, 0.25) is 0 Å². The summed E-state index contributed by atoms with van der Waals surface area (Å²) in [6.07, 6.45) is -5.33. The Morgan fingerprint density at radius 3 is 2.50 bits per heavy atom. The number of ether oxygens (including phenoxy) is 1. The molecule has 0 spiro atoms. The molecular formula is C11H10F3N3O5. The van der Waals surface area contributed by atoms with Crippen molar-refractivity contribution in [3.63, 3.8) is 0 Å². The first kappa shape index (κ1) is 17.4. The average molecular weight is 321 g/mol. The van der Waals surface area contributed by atoms with Crippen molar-refractivity contribution in [3.8, 4) is 0 Å². The van der Waals surface area contributed by atoms with Crippen molar-refractivity contribution >= 4 is 23.3 Å². The van der Waals surface area contributed by atoms with Crippen molar-refractivity contribution in [1.29, 1.82) is 0 Å². The molecule has 0 saturated heterocycles. The van der Waals surface area contributed by atoms with E-state index in [2.05, 4.69) is 10.1 Å². The van der Waals surface area contributed by atoms with Gasteiger partial charge in [0.2, 0.25) is 0 Å². The standard InChI is InChI=1S/C11H10F3N3O5/c12-11(13,14)10(19)22-9(18)7-2-1-6(17(20)21)5-8(7)16-4-3-15/h1-2,5,16H,3-4,15H2. The van der Waals surface area contributed by atoms with Gasteiger partial charge in [0.15, 0.2) is 0 Å². The molecule has 11 heteroatoms. The van der Waals surface area contributed by atoms with E-state index in [0.29, 0.717) is 0 Å². The Balaban J connectivity index is 3.08. The number of nitro benzene ring substituents is 1. The van der Waals surface area contributed by atoms with Gasteiger partial charge in [0.1, 0.15) is 0 Å². The molecule has 0 aliphatic rings. The number of benzene rings is 1. The third-order valence-electron chi connectivity index (χ3n) is 2.31. The summed E-state index contributed by atoms with van der Waals surface area (Å²) in [5.74, 6) is -4.27. The number of hydrogen-bond donors (Lipinski definition) is 2. The maximum Gasteiger partial charge on any atom is 0.491 e. The summed E-state index contributed by atoms with van der Waals surface area (Å²) in [5.41, 5.74) is 4.19. The highest BCUT2D eigenvalue weighted by atomic mass is 19.4. The molecule has 0 unspecified atom stereocenters. The zero-order valence-corrected chi connectivity index (χ0v) is 10.8. The van der Waals surface area contributed by atoms with E-state index in [0.717, 1.165) is 18.2 Å². The van der Waals surface area contributed by atoms with Gasteiger partial charge in [0.05, 0.1) is 16.2 Å². The number of nitrogens with one attached hydrogen (secondary N) is 1. The molecule has 120 valence electrons. The molecule has 0 aliphatic heterocycles. The Kier molecular flexibility index (Phi) is 5.40. The maximum absolute atomic E-state index is 12.1.